The molecule has 1 heterocycles. The summed E-state index contributed by atoms with van der Waals surface area (Å²) in [5.41, 5.74) is 1.76. The summed E-state index contributed by atoms with van der Waals surface area (Å²) < 4.78 is 4.96. The van der Waals surface area contributed by atoms with Gasteiger partial charge in [0.15, 0.2) is 0 Å². The molecule has 0 aliphatic carbocycles. The summed E-state index contributed by atoms with van der Waals surface area (Å²) in [7, 11) is 0. The summed E-state index contributed by atoms with van der Waals surface area (Å²) in [6.45, 7) is 7.29. The molecule has 0 aromatic heterocycles. The van der Waals surface area contributed by atoms with Crippen molar-refractivity contribution in [3.05, 3.63) is 29.8 Å². The zero-order valence-corrected chi connectivity index (χ0v) is 15.6. The third-order valence-corrected chi connectivity index (χ3v) is 4.40. The predicted molar refractivity (Wildman–Crippen MR) is 98.9 cm³/mol. The second-order valence-electron chi connectivity index (χ2n) is 6.66. The van der Waals surface area contributed by atoms with Gasteiger partial charge in [0, 0.05) is 24.8 Å². The van der Waals surface area contributed by atoms with Crippen LogP contribution in [0.3, 0.4) is 0 Å². The van der Waals surface area contributed by atoms with E-state index in [9.17, 15) is 14.4 Å². The largest absolute Gasteiger partial charge is 0.450 e. The van der Waals surface area contributed by atoms with Crippen molar-refractivity contribution in [2.24, 2.45) is 0 Å². The van der Waals surface area contributed by atoms with Gasteiger partial charge in [0.2, 0.25) is 0 Å². The smallest absolute Gasteiger partial charge is 0.409 e. The molecule has 0 bridgehead atoms. The van der Waals surface area contributed by atoms with Crippen molar-refractivity contribution >= 4 is 23.6 Å². The van der Waals surface area contributed by atoms with Gasteiger partial charge in [-0.1, -0.05) is 26.0 Å². The molecule has 1 aliphatic heterocycles. The third-order valence-electron chi connectivity index (χ3n) is 4.40. The highest BCUT2D eigenvalue weighted by Gasteiger charge is 2.26. The number of carbonyl (C=O) groups is 3. The molecule has 1 saturated heterocycles. The normalized spacial score (nSPS) is 14.8. The average molecular weight is 361 g/mol. The van der Waals surface area contributed by atoms with Crippen LogP contribution in [0.4, 0.5) is 10.5 Å². The van der Waals surface area contributed by atoms with E-state index in [1.54, 1.807) is 24.0 Å². The molecule has 7 heteroatoms. The number of ether oxygens (including phenoxy) is 1. The minimum Gasteiger partial charge on any atom is -0.450 e. The summed E-state index contributed by atoms with van der Waals surface area (Å²) in [6, 6.07) is 7.32. The summed E-state index contributed by atoms with van der Waals surface area (Å²) in [6.07, 6.45) is 0.863. The van der Waals surface area contributed by atoms with Crippen LogP contribution in [0, 0.1) is 0 Å². The minimum absolute atomic E-state index is 0.123. The Balaban J connectivity index is 1.79. The van der Waals surface area contributed by atoms with Crippen molar-refractivity contribution in [1.29, 1.82) is 0 Å². The first-order valence-electron chi connectivity index (χ1n) is 9.04. The van der Waals surface area contributed by atoms with Crippen molar-refractivity contribution in [2.75, 3.05) is 25.0 Å². The zero-order chi connectivity index (χ0) is 19.1. The van der Waals surface area contributed by atoms with Gasteiger partial charge in [-0.2, -0.15) is 0 Å². The second-order valence-corrected chi connectivity index (χ2v) is 6.66. The van der Waals surface area contributed by atoms with Crippen molar-refractivity contribution in [2.45, 2.75) is 45.6 Å². The van der Waals surface area contributed by atoms with Crippen LogP contribution in [0.25, 0.3) is 0 Å². The van der Waals surface area contributed by atoms with Crippen LogP contribution >= 0.6 is 0 Å². The van der Waals surface area contributed by atoms with Crippen molar-refractivity contribution in [3.63, 3.8) is 0 Å². The van der Waals surface area contributed by atoms with Gasteiger partial charge in [-0.3, -0.25) is 9.59 Å². The Hall–Kier alpha value is -2.57. The maximum Gasteiger partial charge on any atom is 0.409 e. The molecule has 1 fully saturated rings. The molecule has 0 spiro atoms. The average Bonchev–Trinajstić information content (AvgIpc) is 2.63. The molecule has 0 unspecified atom stereocenters. The van der Waals surface area contributed by atoms with Crippen molar-refractivity contribution < 1.29 is 19.1 Å². The van der Waals surface area contributed by atoms with Gasteiger partial charge < -0.3 is 20.3 Å². The standard InChI is InChI=1S/C19H27N3O4/c1-4-26-19(25)22-11-9-16(10-12-22)21-18(24)17(23)20-15-7-5-14(6-8-15)13(2)3/h5-8,13,16H,4,9-12H2,1-3H3,(H,20,23)(H,21,24). The zero-order valence-electron chi connectivity index (χ0n) is 15.6. The van der Waals surface area contributed by atoms with E-state index < -0.39 is 11.8 Å². The maximum atomic E-state index is 12.1. The molecule has 142 valence electrons. The quantitative estimate of drug-likeness (QED) is 0.807. The Morgan fingerprint density at radius 1 is 1.12 bits per heavy atom. The first-order chi connectivity index (χ1) is 12.4. The Morgan fingerprint density at radius 2 is 1.73 bits per heavy atom. The number of benzene rings is 1. The minimum atomic E-state index is -0.685. The Labute approximate surface area is 154 Å². The van der Waals surface area contributed by atoms with E-state index in [2.05, 4.69) is 24.5 Å². The predicted octanol–water partition coefficient (Wildman–Crippen LogP) is 2.49. The van der Waals surface area contributed by atoms with E-state index >= 15 is 0 Å². The highest BCUT2D eigenvalue weighted by molar-refractivity contribution is 6.39. The fourth-order valence-electron chi connectivity index (χ4n) is 2.81. The number of likely N-dealkylation sites (tertiary alicyclic amines) is 1. The van der Waals surface area contributed by atoms with Crippen LogP contribution in [0.1, 0.15) is 45.1 Å². The number of nitrogens with one attached hydrogen (secondary N) is 2. The number of hydrogen-bond donors (Lipinski definition) is 2. The molecule has 7 nitrogen and oxygen atoms in total. The highest BCUT2D eigenvalue weighted by atomic mass is 16.6. The van der Waals surface area contributed by atoms with Gasteiger partial charge in [0.05, 0.1) is 6.61 Å². The van der Waals surface area contributed by atoms with Crippen LogP contribution in [-0.4, -0.2) is 48.5 Å². The lowest BCUT2D eigenvalue weighted by Crippen LogP contribution is -2.49. The van der Waals surface area contributed by atoms with Gasteiger partial charge in [-0.25, -0.2) is 4.79 Å². The van der Waals surface area contributed by atoms with Crippen LogP contribution in [0.2, 0.25) is 0 Å². The number of hydrogen-bond acceptors (Lipinski definition) is 4. The van der Waals surface area contributed by atoms with Gasteiger partial charge in [0.1, 0.15) is 0 Å². The lowest BCUT2D eigenvalue weighted by atomic mass is 10.0. The lowest BCUT2D eigenvalue weighted by molar-refractivity contribution is -0.136. The first kappa shape index (κ1) is 19.8. The third kappa shape index (κ3) is 5.47. The topological polar surface area (TPSA) is 87.7 Å². The summed E-state index contributed by atoms with van der Waals surface area (Å²) in [5, 5.41) is 5.34. The van der Waals surface area contributed by atoms with E-state index in [1.165, 1.54) is 5.56 Å². The molecule has 1 aromatic rings. The number of piperidine rings is 1. The van der Waals surface area contributed by atoms with E-state index in [0.717, 1.165) is 0 Å². The maximum absolute atomic E-state index is 12.1. The van der Waals surface area contributed by atoms with E-state index in [0.29, 0.717) is 44.1 Å². The molecule has 1 aromatic carbocycles. The number of anilines is 1. The monoisotopic (exact) mass is 361 g/mol. The fraction of sp³-hybridized carbons (Fsp3) is 0.526. The van der Waals surface area contributed by atoms with Crippen molar-refractivity contribution in [1.82, 2.24) is 10.2 Å². The van der Waals surface area contributed by atoms with Crippen molar-refractivity contribution in [3.8, 4) is 0 Å². The molecular weight excluding hydrogens is 334 g/mol. The van der Waals surface area contributed by atoms with Gasteiger partial charge >= 0.3 is 17.9 Å². The van der Waals surface area contributed by atoms with Crippen LogP contribution in [0.5, 0.6) is 0 Å². The summed E-state index contributed by atoms with van der Waals surface area (Å²) in [4.78, 5) is 37.4. The molecule has 26 heavy (non-hydrogen) atoms. The second kappa shape index (κ2) is 9.22. The van der Waals surface area contributed by atoms with Gasteiger partial charge in [0.25, 0.3) is 0 Å². The molecule has 2 rings (SSSR count). The number of carbonyl (C=O) groups excluding carboxylic acids is 3. The molecule has 1 aliphatic rings. The van der Waals surface area contributed by atoms with Crippen LogP contribution in [0.15, 0.2) is 24.3 Å². The Morgan fingerprint density at radius 3 is 2.27 bits per heavy atom. The molecule has 2 N–H and O–H groups in total. The Kier molecular flexibility index (Phi) is 7.00. The SMILES string of the molecule is CCOC(=O)N1CCC(NC(=O)C(=O)Nc2ccc(C(C)C)cc2)CC1. The molecule has 0 atom stereocenters. The highest BCUT2D eigenvalue weighted by Crippen LogP contribution is 2.17. The summed E-state index contributed by atoms with van der Waals surface area (Å²) in [5.74, 6) is -0.939. The lowest BCUT2D eigenvalue weighted by Gasteiger charge is -2.31. The Bertz CT molecular complexity index is 635. The van der Waals surface area contributed by atoms with E-state index in [1.807, 2.05) is 12.1 Å². The molecular formula is C19H27N3O4. The molecule has 0 radical (unpaired) electrons. The summed E-state index contributed by atoms with van der Waals surface area (Å²) >= 11 is 0. The number of nitrogens with zero attached hydrogens (tertiary/aromatic N) is 1. The van der Waals surface area contributed by atoms with E-state index in [4.69, 9.17) is 4.74 Å². The van der Waals surface area contributed by atoms with Crippen LogP contribution < -0.4 is 10.6 Å². The number of amides is 3. The number of rotatable bonds is 4. The van der Waals surface area contributed by atoms with E-state index in [-0.39, 0.29) is 12.1 Å². The molecule has 3 amide bonds. The first-order valence-corrected chi connectivity index (χ1v) is 9.04. The van der Waals surface area contributed by atoms with Crippen LogP contribution in [-0.2, 0) is 14.3 Å². The van der Waals surface area contributed by atoms with Gasteiger partial charge in [-0.05, 0) is 43.4 Å². The fourth-order valence-corrected chi connectivity index (χ4v) is 2.81. The van der Waals surface area contributed by atoms with Gasteiger partial charge in [-0.15, -0.1) is 0 Å². The molecule has 0 saturated carbocycles.